The lowest BCUT2D eigenvalue weighted by Crippen LogP contribution is -2.39. The van der Waals surface area contributed by atoms with E-state index in [1.54, 1.807) is 54.1 Å². The van der Waals surface area contributed by atoms with Crippen LogP contribution in [0.1, 0.15) is 37.9 Å². The molecular formula is C32H26N4O5S2. The van der Waals surface area contributed by atoms with Crippen molar-refractivity contribution < 1.29 is 19.1 Å². The molecule has 0 bridgehead atoms. The SMILES string of the molecule is CCOC(=O)C1=C(C)N=c2sc(=Cc3cn(-c4ccccc4)nc3-c3cccs3)c(=O)n2C1c1ccc(OC(C)=O)cc1. The predicted molar refractivity (Wildman–Crippen MR) is 165 cm³/mol. The van der Waals surface area contributed by atoms with Crippen LogP contribution in [0.5, 0.6) is 5.75 Å². The van der Waals surface area contributed by atoms with Gasteiger partial charge >= 0.3 is 11.9 Å². The molecule has 0 spiro atoms. The number of allylic oxidation sites excluding steroid dienone is 1. The first-order chi connectivity index (χ1) is 20.8. The van der Waals surface area contributed by atoms with Gasteiger partial charge in [-0.1, -0.05) is 47.7 Å². The van der Waals surface area contributed by atoms with E-state index in [0.717, 1.165) is 21.8 Å². The maximum Gasteiger partial charge on any atom is 0.338 e. The molecule has 11 heteroatoms. The Kier molecular flexibility index (Phi) is 7.75. The van der Waals surface area contributed by atoms with E-state index in [1.165, 1.54) is 22.8 Å². The molecular weight excluding hydrogens is 585 g/mol. The highest BCUT2D eigenvalue weighted by Crippen LogP contribution is 2.32. The third kappa shape index (κ3) is 5.52. The summed E-state index contributed by atoms with van der Waals surface area (Å²) < 4.78 is 14.4. The van der Waals surface area contributed by atoms with Gasteiger partial charge in [0.1, 0.15) is 11.4 Å². The number of hydrogen-bond acceptors (Lipinski definition) is 9. The number of thiophene rings is 1. The van der Waals surface area contributed by atoms with E-state index in [2.05, 4.69) is 4.99 Å². The topological polar surface area (TPSA) is 105 Å². The molecule has 0 saturated heterocycles. The summed E-state index contributed by atoms with van der Waals surface area (Å²) in [5, 5.41) is 6.84. The first kappa shape index (κ1) is 28.3. The molecule has 4 heterocycles. The van der Waals surface area contributed by atoms with E-state index >= 15 is 0 Å². The van der Waals surface area contributed by atoms with Crippen LogP contribution in [0.15, 0.2) is 99.4 Å². The lowest BCUT2D eigenvalue weighted by Gasteiger charge is -2.24. The molecule has 0 N–H and O–H groups in total. The number of carbonyl (C=O) groups excluding carboxylic acids is 2. The number of carbonyl (C=O) groups is 2. The molecule has 1 aliphatic rings. The third-order valence-corrected chi connectivity index (χ3v) is 8.64. The maximum atomic E-state index is 14.1. The molecule has 43 heavy (non-hydrogen) atoms. The number of benzene rings is 2. The second-order valence-corrected chi connectivity index (χ2v) is 11.6. The smallest absolute Gasteiger partial charge is 0.338 e. The molecule has 3 aromatic heterocycles. The van der Waals surface area contributed by atoms with Gasteiger partial charge in [-0.05, 0) is 61.2 Å². The zero-order valence-corrected chi connectivity index (χ0v) is 25.1. The largest absolute Gasteiger partial charge is 0.463 e. The van der Waals surface area contributed by atoms with Crippen molar-refractivity contribution in [2.75, 3.05) is 6.61 Å². The van der Waals surface area contributed by atoms with Crippen LogP contribution in [0.3, 0.4) is 0 Å². The van der Waals surface area contributed by atoms with Crippen LogP contribution < -0.4 is 19.6 Å². The molecule has 1 aliphatic heterocycles. The highest BCUT2D eigenvalue weighted by atomic mass is 32.1. The minimum Gasteiger partial charge on any atom is -0.463 e. The van der Waals surface area contributed by atoms with Crippen molar-refractivity contribution in [2.45, 2.75) is 26.8 Å². The van der Waals surface area contributed by atoms with Crippen molar-refractivity contribution in [1.29, 1.82) is 0 Å². The molecule has 216 valence electrons. The van der Waals surface area contributed by atoms with Crippen LogP contribution in [0.4, 0.5) is 0 Å². The van der Waals surface area contributed by atoms with E-state index < -0.39 is 18.0 Å². The highest BCUT2D eigenvalue weighted by molar-refractivity contribution is 7.13. The standard InChI is InChI=1S/C32H26N4O5S2/c1-4-40-31(39)27-19(2)33-32-36(29(27)21-12-14-24(15-13-21)41-20(3)37)30(38)26(43-32)17-22-18-35(23-9-6-5-7-10-23)34-28(22)25-11-8-16-42-25/h5-18,29H,4H2,1-3H3. The van der Waals surface area contributed by atoms with Crippen molar-refractivity contribution >= 4 is 40.7 Å². The van der Waals surface area contributed by atoms with Crippen LogP contribution >= 0.6 is 22.7 Å². The normalized spacial score (nSPS) is 14.8. The van der Waals surface area contributed by atoms with Crippen LogP contribution in [-0.2, 0) is 14.3 Å². The van der Waals surface area contributed by atoms with E-state index in [9.17, 15) is 14.4 Å². The number of nitrogens with zero attached hydrogens (tertiary/aromatic N) is 4. The fraction of sp³-hybridized carbons (Fsp3) is 0.156. The van der Waals surface area contributed by atoms with Crippen molar-refractivity contribution in [2.24, 2.45) is 4.99 Å². The number of esters is 2. The van der Waals surface area contributed by atoms with Crippen LogP contribution in [0.25, 0.3) is 22.3 Å². The Labute approximate surface area is 254 Å². The Bertz CT molecular complexity index is 2040. The second-order valence-electron chi connectivity index (χ2n) is 9.66. The van der Waals surface area contributed by atoms with Gasteiger partial charge in [-0.2, -0.15) is 5.10 Å². The molecule has 9 nitrogen and oxygen atoms in total. The number of ether oxygens (including phenoxy) is 2. The van der Waals surface area contributed by atoms with E-state index in [0.29, 0.717) is 26.3 Å². The number of rotatable bonds is 7. The third-order valence-electron chi connectivity index (χ3n) is 6.78. The summed E-state index contributed by atoms with van der Waals surface area (Å²) in [6.45, 7) is 4.97. The van der Waals surface area contributed by atoms with Crippen LogP contribution in [0.2, 0.25) is 0 Å². The first-order valence-corrected chi connectivity index (χ1v) is 15.2. The summed E-state index contributed by atoms with van der Waals surface area (Å²) in [6, 6.07) is 19.7. The Balaban J connectivity index is 1.52. The molecule has 1 unspecified atom stereocenters. The quantitative estimate of drug-likeness (QED) is 0.197. The Morgan fingerprint density at radius 3 is 2.49 bits per heavy atom. The average Bonchev–Trinajstić information content (AvgIpc) is 3.73. The zero-order chi connectivity index (χ0) is 30.1. The van der Waals surface area contributed by atoms with Gasteiger partial charge < -0.3 is 9.47 Å². The molecule has 2 aromatic carbocycles. The monoisotopic (exact) mass is 610 g/mol. The van der Waals surface area contributed by atoms with E-state index in [4.69, 9.17) is 14.6 Å². The summed E-state index contributed by atoms with van der Waals surface area (Å²) in [5.41, 5.74) is 3.53. The van der Waals surface area contributed by atoms with Crippen LogP contribution in [-0.4, -0.2) is 32.9 Å². The predicted octanol–water partition coefficient (Wildman–Crippen LogP) is 4.64. The Morgan fingerprint density at radius 1 is 1.05 bits per heavy atom. The minimum atomic E-state index is -0.785. The number of hydrogen-bond donors (Lipinski definition) is 0. The molecule has 0 radical (unpaired) electrons. The molecule has 1 atom stereocenters. The molecule has 0 aliphatic carbocycles. The Morgan fingerprint density at radius 2 is 1.81 bits per heavy atom. The molecule has 0 amide bonds. The maximum absolute atomic E-state index is 14.1. The van der Waals surface area contributed by atoms with Gasteiger partial charge in [0.2, 0.25) is 0 Å². The fourth-order valence-electron chi connectivity index (χ4n) is 4.94. The van der Waals surface area contributed by atoms with Gasteiger partial charge in [0.05, 0.1) is 39.0 Å². The average molecular weight is 611 g/mol. The Hall–Kier alpha value is -4.87. The van der Waals surface area contributed by atoms with Crippen LogP contribution in [0, 0.1) is 0 Å². The summed E-state index contributed by atoms with van der Waals surface area (Å²) >= 11 is 2.82. The minimum absolute atomic E-state index is 0.176. The van der Waals surface area contributed by atoms with E-state index in [1.807, 2.05) is 60.1 Å². The highest BCUT2D eigenvalue weighted by Gasteiger charge is 2.33. The van der Waals surface area contributed by atoms with Crippen molar-refractivity contribution in [1.82, 2.24) is 14.3 Å². The first-order valence-electron chi connectivity index (χ1n) is 13.5. The van der Waals surface area contributed by atoms with Gasteiger partial charge in [-0.25, -0.2) is 14.5 Å². The lowest BCUT2D eigenvalue weighted by molar-refractivity contribution is -0.139. The number of fused-ring (bicyclic) bond motifs is 1. The van der Waals surface area contributed by atoms with Crippen molar-refractivity contribution in [3.05, 3.63) is 120 Å². The summed E-state index contributed by atoms with van der Waals surface area (Å²) in [4.78, 5) is 44.9. The number of thiazole rings is 1. The van der Waals surface area contributed by atoms with Gasteiger partial charge in [-0.3, -0.25) is 14.2 Å². The summed E-state index contributed by atoms with van der Waals surface area (Å²) in [6.07, 6.45) is 3.73. The van der Waals surface area contributed by atoms with Gasteiger partial charge in [0, 0.05) is 18.7 Å². The lowest BCUT2D eigenvalue weighted by atomic mass is 9.96. The molecule has 0 saturated carbocycles. The molecule has 5 aromatic rings. The van der Waals surface area contributed by atoms with Crippen molar-refractivity contribution in [3.63, 3.8) is 0 Å². The zero-order valence-electron chi connectivity index (χ0n) is 23.5. The summed E-state index contributed by atoms with van der Waals surface area (Å²) in [5.74, 6) is -0.629. The molecule has 6 rings (SSSR count). The van der Waals surface area contributed by atoms with Gasteiger partial charge in [0.25, 0.3) is 5.56 Å². The number of aromatic nitrogens is 3. The van der Waals surface area contributed by atoms with Crippen molar-refractivity contribution in [3.8, 4) is 22.0 Å². The second kappa shape index (κ2) is 11.8. The van der Waals surface area contributed by atoms with E-state index in [-0.39, 0.29) is 17.7 Å². The molecule has 0 fully saturated rings. The van der Waals surface area contributed by atoms with Gasteiger partial charge in [0.15, 0.2) is 4.80 Å². The summed E-state index contributed by atoms with van der Waals surface area (Å²) in [7, 11) is 0. The number of para-hydroxylation sites is 1. The fourth-order valence-corrected chi connectivity index (χ4v) is 6.71. The van der Waals surface area contributed by atoms with Gasteiger partial charge in [-0.15, -0.1) is 11.3 Å².